The second-order valence-electron chi connectivity index (χ2n) is 10.6. The predicted molar refractivity (Wildman–Crippen MR) is 173 cm³/mol. The zero-order valence-electron chi connectivity index (χ0n) is 24.3. The highest BCUT2D eigenvalue weighted by atomic mass is 35.5. The molecule has 0 spiro atoms. The number of hydrogen-bond acceptors (Lipinski definition) is 4. The number of benzene rings is 4. The molecule has 2 atom stereocenters. The second kappa shape index (κ2) is 14.4. The van der Waals surface area contributed by atoms with E-state index in [1.165, 1.54) is 18.0 Å². The van der Waals surface area contributed by atoms with Crippen molar-refractivity contribution >= 4 is 55.8 Å². The van der Waals surface area contributed by atoms with Crippen LogP contribution in [0.1, 0.15) is 31.4 Å². The maximum atomic E-state index is 14.1. The first-order valence-electron chi connectivity index (χ1n) is 14.0. The normalized spacial score (nSPS) is 13.1. The summed E-state index contributed by atoms with van der Waals surface area (Å²) in [6.07, 6.45) is 0.925. The van der Waals surface area contributed by atoms with Gasteiger partial charge in [-0.1, -0.05) is 96.9 Å². The van der Waals surface area contributed by atoms with Crippen LogP contribution in [-0.2, 0) is 32.6 Å². The molecule has 1 N–H and O–H groups in total. The summed E-state index contributed by atoms with van der Waals surface area (Å²) in [5, 5.41) is 5.45. The fraction of sp³-hybridized carbons (Fsp3) is 0.273. The van der Waals surface area contributed by atoms with Crippen molar-refractivity contribution in [3.63, 3.8) is 0 Å². The molecule has 0 saturated heterocycles. The Labute approximate surface area is 263 Å². The van der Waals surface area contributed by atoms with Gasteiger partial charge in [-0.2, -0.15) is 4.31 Å². The van der Waals surface area contributed by atoms with E-state index >= 15 is 0 Å². The van der Waals surface area contributed by atoms with Gasteiger partial charge in [-0.05, 0) is 59.5 Å². The monoisotopic (exact) mass is 639 g/mol. The molecule has 4 aromatic rings. The van der Waals surface area contributed by atoms with Gasteiger partial charge in [-0.25, -0.2) is 8.42 Å². The predicted octanol–water partition coefficient (Wildman–Crippen LogP) is 6.32. The summed E-state index contributed by atoms with van der Waals surface area (Å²) in [5.74, 6) is -0.880. The smallest absolute Gasteiger partial charge is 0.243 e. The molecule has 0 heterocycles. The molecule has 4 rings (SSSR count). The number of nitrogens with zero attached hydrogens (tertiary/aromatic N) is 2. The van der Waals surface area contributed by atoms with Crippen LogP contribution >= 0.6 is 23.2 Å². The van der Waals surface area contributed by atoms with Gasteiger partial charge in [0.25, 0.3) is 0 Å². The number of amides is 2. The lowest BCUT2D eigenvalue weighted by molar-refractivity contribution is -0.141. The van der Waals surface area contributed by atoms with Gasteiger partial charge in [0.1, 0.15) is 6.04 Å². The summed E-state index contributed by atoms with van der Waals surface area (Å²) in [6.45, 7) is 3.34. The Kier molecular flexibility index (Phi) is 10.8. The van der Waals surface area contributed by atoms with Gasteiger partial charge in [-0.15, -0.1) is 0 Å². The fourth-order valence-electron chi connectivity index (χ4n) is 4.70. The molecule has 0 aliphatic heterocycles. The third kappa shape index (κ3) is 8.15. The topological polar surface area (TPSA) is 86.8 Å². The van der Waals surface area contributed by atoms with Crippen LogP contribution in [0.25, 0.3) is 10.8 Å². The van der Waals surface area contributed by atoms with Crippen molar-refractivity contribution < 1.29 is 18.0 Å². The third-order valence-corrected chi connectivity index (χ3v) is 9.80. The number of sulfonamides is 1. The van der Waals surface area contributed by atoms with Crippen LogP contribution in [0, 0.1) is 0 Å². The molecule has 2 amide bonds. The molecule has 2 unspecified atom stereocenters. The Bertz CT molecular complexity index is 1700. The lowest BCUT2D eigenvalue weighted by Gasteiger charge is -2.33. The van der Waals surface area contributed by atoms with Crippen molar-refractivity contribution in [1.29, 1.82) is 0 Å². The molecule has 43 heavy (non-hydrogen) atoms. The maximum Gasteiger partial charge on any atom is 0.243 e. The molecule has 4 aromatic carbocycles. The van der Waals surface area contributed by atoms with Gasteiger partial charge in [0.15, 0.2) is 0 Å². The van der Waals surface area contributed by atoms with E-state index in [1.54, 1.807) is 30.3 Å². The van der Waals surface area contributed by atoms with Gasteiger partial charge in [0.2, 0.25) is 21.8 Å². The average molecular weight is 641 g/mol. The molecule has 0 fully saturated rings. The van der Waals surface area contributed by atoms with Crippen LogP contribution < -0.4 is 5.32 Å². The van der Waals surface area contributed by atoms with Gasteiger partial charge in [-0.3, -0.25) is 9.59 Å². The molecule has 0 aliphatic carbocycles. The summed E-state index contributed by atoms with van der Waals surface area (Å²) in [4.78, 5) is 29.3. The lowest BCUT2D eigenvalue weighted by atomic mass is 10.0. The summed E-state index contributed by atoms with van der Waals surface area (Å²) in [7, 11) is -2.67. The SMILES string of the molecule is CCC(C)NC(=O)C(Cc1ccccc1)N(Cc1ccc(Cl)cc1Cl)C(=O)CN(C)S(=O)(=O)c1ccc2ccccc2c1. The molecule has 0 radical (unpaired) electrons. The largest absolute Gasteiger partial charge is 0.352 e. The molecule has 0 aliphatic rings. The zero-order valence-corrected chi connectivity index (χ0v) is 26.7. The van der Waals surface area contributed by atoms with E-state index in [2.05, 4.69) is 5.32 Å². The fourth-order valence-corrected chi connectivity index (χ4v) is 6.33. The van der Waals surface area contributed by atoms with Crippen molar-refractivity contribution in [2.75, 3.05) is 13.6 Å². The first-order valence-corrected chi connectivity index (χ1v) is 16.2. The van der Waals surface area contributed by atoms with Crippen LogP contribution in [0.4, 0.5) is 0 Å². The number of likely N-dealkylation sites (N-methyl/N-ethyl adjacent to an activating group) is 1. The summed E-state index contributed by atoms with van der Waals surface area (Å²) in [6, 6.07) is 25.6. The lowest BCUT2D eigenvalue weighted by Crippen LogP contribution is -2.54. The minimum atomic E-state index is -4.03. The van der Waals surface area contributed by atoms with E-state index in [1.807, 2.05) is 68.4 Å². The average Bonchev–Trinajstić information content (AvgIpc) is 2.99. The molecule has 0 aromatic heterocycles. The first-order chi connectivity index (χ1) is 20.5. The Hall–Kier alpha value is -3.43. The van der Waals surface area contributed by atoms with E-state index in [4.69, 9.17) is 23.2 Å². The van der Waals surface area contributed by atoms with Crippen molar-refractivity contribution in [2.24, 2.45) is 0 Å². The van der Waals surface area contributed by atoms with E-state index in [-0.39, 0.29) is 29.8 Å². The third-order valence-electron chi connectivity index (χ3n) is 7.41. The highest BCUT2D eigenvalue weighted by molar-refractivity contribution is 7.89. The molecule has 226 valence electrons. The van der Waals surface area contributed by atoms with Crippen LogP contribution in [-0.4, -0.2) is 55.1 Å². The number of nitrogens with one attached hydrogen (secondary N) is 1. The van der Waals surface area contributed by atoms with Crippen molar-refractivity contribution in [3.05, 3.63) is 112 Å². The second-order valence-corrected chi connectivity index (χ2v) is 13.4. The van der Waals surface area contributed by atoms with Crippen LogP contribution in [0.2, 0.25) is 10.0 Å². The van der Waals surface area contributed by atoms with Gasteiger partial charge in [0.05, 0.1) is 11.4 Å². The highest BCUT2D eigenvalue weighted by Gasteiger charge is 2.33. The number of rotatable bonds is 12. The van der Waals surface area contributed by atoms with Crippen LogP contribution in [0.15, 0.2) is 95.9 Å². The Balaban J connectivity index is 1.70. The minimum absolute atomic E-state index is 0.0237. The molecule has 7 nitrogen and oxygen atoms in total. The summed E-state index contributed by atoms with van der Waals surface area (Å²) >= 11 is 12.6. The van der Waals surface area contributed by atoms with Gasteiger partial charge < -0.3 is 10.2 Å². The van der Waals surface area contributed by atoms with E-state index in [0.29, 0.717) is 22.0 Å². The number of carbonyl (C=O) groups is 2. The molecule has 10 heteroatoms. The summed E-state index contributed by atoms with van der Waals surface area (Å²) in [5.41, 5.74) is 1.43. The molecular weight excluding hydrogens is 605 g/mol. The van der Waals surface area contributed by atoms with Crippen molar-refractivity contribution in [1.82, 2.24) is 14.5 Å². The molecule has 0 saturated carbocycles. The van der Waals surface area contributed by atoms with Crippen molar-refractivity contribution in [2.45, 2.75) is 50.2 Å². The number of hydrogen-bond donors (Lipinski definition) is 1. The highest BCUT2D eigenvalue weighted by Crippen LogP contribution is 2.25. The van der Waals surface area contributed by atoms with Crippen LogP contribution in [0.5, 0.6) is 0 Å². The molecular formula is C33H35Cl2N3O4S. The van der Waals surface area contributed by atoms with Crippen molar-refractivity contribution in [3.8, 4) is 0 Å². The number of fused-ring (bicyclic) bond motifs is 1. The molecule has 0 bridgehead atoms. The van der Waals surface area contributed by atoms with Crippen LogP contribution in [0.3, 0.4) is 0 Å². The Morgan fingerprint density at radius 1 is 0.884 bits per heavy atom. The zero-order chi connectivity index (χ0) is 31.1. The standard InChI is InChI=1S/C33H35Cl2N3O4S/c1-4-23(2)36-33(40)31(18-24-10-6-5-7-11-24)38(21-27-14-16-28(34)20-30(27)35)32(39)22-37(3)43(41,42)29-17-15-25-12-8-9-13-26(25)19-29/h5-17,19-20,23,31H,4,18,21-22H2,1-3H3,(H,36,40). The Morgan fingerprint density at radius 2 is 1.56 bits per heavy atom. The van der Waals surface area contributed by atoms with Gasteiger partial charge >= 0.3 is 0 Å². The Morgan fingerprint density at radius 3 is 2.23 bits per heavy atom. The van der Waals surface area contributed by atoms with E-state index in [0.717, 1.165) is 20.6 Å². The number of halogens is 2. The quantitative estimate of drug-likeness (QED) is 0.196. The minimum Gasteiger partial charge on any atom is -0.352 e. The van der Waals surface area contributed by atoms with E-state index < -0.39 is 28.5 Å². The number of carbonyl (C=O) groups excluding carboxylic acids is 2. The first kappa shape index (κ1) is 32.5. The maximum absolute atomic E-state index is 14.1. The van der Waals surface area contributed by atoms with E-state index in [9.17, 15) is 18.0 Å². The van der Waals surface area contributed by atoms with Gasteiger partial charge in [0, 0.05) is 36.1 Å². The summed E-state index contributed by atoms with van der Waals surface area (Å²) < 4.78 is 28.2.